The van der Waals surface area contributed by atoms with Gasteiger partial charge in [-0.25, -0.2) is 4.98 Å². The van der Waals surface area contributed by atoms with Crippen molar-refractivity contribution in [3.8, 4) is 0 Å². The number of pyridine rings is 1. The van der Waals surface area contributed by atoms with Gasteiger partial charge in [-0.1, -0.05) is 34.6 Å². The highest BCUT2D eigenvalue weighted by Crippen LogP contribution is 2.30. The zero-order valence-electron chi connectivity index (χ0n) is 10.2. The van der Waals surface area contributed by atoms with Crippen LogP contribution in [0.3, 0.4) is 0 Å². The molecule has 0 radical (unpaired) electrons. The monoisotopic (exact) mass is 221 g/mol. The molecule has 0 bridgehead atoms. The molecule has 0 aliphatic heterocycles. The Bertz CT molecular complexity index is 423. The number of hydrogen-bond donors (Lipinski definition) is 0. The summed E-state index contributed by atoms with van der Waals surface area (Å²) in [5, 5.41) is 3.41. The highest BCUT2D eigenvalue weighted by atomic mass is 32.1. The number of hydrogen-bond acceptors (Lipinski definition) is 2. The second kappa shape index (κ2) is 4.75. The summed E-state index contributed by atoms with van der Waals surface area (Å²) >= 11 is 1.71. The Morgan fingerprint density at radius 3 is 2.40 bits per heavy atom. The van der Waals surface area contributed by atoms with Gasteiger partial charge in [-0.3, -0.25) is 0 Å². The highest BCUT2D eigenvalue weighted by molar-refractivity contribution is 7.16. The largest absolute Gasteiger partial charge is 0.245 e. The van der Waals surface area contributed by atoms with Crippen molar-refractivity contribution in [1.82, 2.24) is 4.98 Å². The molecular formula is C13H19NS. The third-order valence-electron chi connectivity index (χ3n) is 2.18. The summed E-state index contributed by atoms with van der Waals surface area (Å²) in [6.07, 6.45) is 1.90. The van der Waals surface area contributed by atoms with Crippen molar-refractivity contribution in [2.24, 2.45) is 0 Å². The molecule has 15 heavy (non-hydrogen) atoms. The molecule has 2 heterocycles. The lowest BCUT2D eigenvalue weighted by Crippen LogP contribution is -2.11. The van der Waals surface area contributed by atoms with E-state index in [0.717, 1.165) is 4.83 Å². The van der Waals surface area contributed by atoms with Gasteiger partial charge >= 0.3 is 0 Å². The smallest absolute Gasteiger partial charge is 0.123 e. The topological polar surface area (TPSA) is 12.9 Å². The molecule has 0 aromatic carbocycles. The van der Waals surface area contributed by atoms with Gasteiger partial charge in [-0.05, 0) is 28.5 Å². The predicted molar refractivity (Wildman–Crippen MR) is 69.7 cm³/mol. The molecular weight excluding hydrogens is 202 g/mol. The number of rotatable bonds is 0. The van der Waals surface area contributed by atoms with E-state index in [2.05, 4.69) is 43.3 Å². The van der Waals surface area contributed by atoms with E-state index in [1.807, 2.05) is 20.0 Å². The summed E-state index contributed by atoms with van der Waals surface area (Å²) in [7, 11) is 0. The van der Waals surface area contributed by atoms with Crippen LogP contribution >= 0.6 is 11.3 Å². The molecule has 0 N–H and O–H groups in total. The summed E-state index contributed by atoms with van der Waals surface area (Å²) < 4.78 is 0. The quantitative estimate of drug-likeness (QED) is 0.632. The molecule has 1 nitrogen and oxygen atoms in total. The zero-order chi connectivity index (χ0) is 11.5. The van der Waals surface area contributed by atoms with Gasteiger partial charge in [0.25, 0.3) is 0 Å². The Morgan fingerprint density at radius 2 is 1.80 bits per heavy atom. The van der Waals surface area contributed by atoms with Crippen molar-refractivity contribution >= 4 is 21.6 Å². The summed E-state index contributed by atoms with van der Waals surface area (Å²) in [5.41, 5.74) is 1.60. The standard InChI is InChI=1S/C11H13NS.C2H6/c1-11(2,3)9-4-6-12-10-8(9)5-7-13-10;1-2/h4-7H,1-3H3;1-2H3. The molecule has 0 aliphatic carbocycles. The molecule has 0 unspecified atom stereocenters. The third kappa shape index (κ3) is 2.57. The Morgan fingerprint density at radius 1 is 1.13 bits per heavy atom. The van der Waals surface area contributed by atoms with Crippen molar-refractivity contribution < 1.29 is 0 Å². The number of nitrogens with zero attached hydrogens (tertiary/aromatic N) is 1. The predicted octanol–water partition coefficient (Wildman–Crippen LogP) is 4.62. The van der Waals surface area contributed by atoms with E-state index < -0.39 is 0 Å². The molecule has 2 aromatic rings. The van der Waals surface area contributed by atoms with Crippen LogP contribution in [0.4, 0.5) is 0 Å². The first-order valence-corrected chi connectivity index (χ1v) is 6.30. The number of aromatic nitrogens is 1. The van der Waals surface area contributed by atoms with Gasteiger partial charge < -0.3 is 0 Å². The van der Waals surface area contributed by atoms with Crippen LogP contribution in [0.5, 0.6) is 0 Å². The average Bonchev–Trinajstić information content (AvgIpc) is 2.66. The van der Waals surface area contributed by atoms with Crippen LogP contribution in [0, 0.1) is 0 Å². The van der Waals surface area contributed by atoms with Crippen molar-refractivity contribution in [1.29, 1.82) is 0 Å². The third-order valence-corrected chi connectivity index (χ3v) is 3.00. The molecule has 82 valence electrons. The second-order valence-electron chi connectivity index (χ2n) is 4.25. The van der Waals surface area contributed by atoms with Gasteiger partial charge in [0.05, 0.1) is 0 Å². The number of thiophene rings is 1. The number of fused-ring (bicyclic) bond motifs is 1. The van der Waals surface area contributed by atoms with Crippen LogP contribution in [-0.4, -0.2) is 4.98 Å². The summed E-state index contributed by atoms with van der Waals surface area (Å²) in [5.74, 6) is 0. The molecule has 0 saturated heterocycles. The summed E-state index contributed by atoms with van der Waals surface area (Å²) in [4.78, 5) is 5.48. The first kappa shape index (κ1) is 12.2. The average molecular weight is 221 g/mol. The SMILES string of the molecule is CC.CC(C)(C)c1ccnc2sccc12. The van der Waals surface area contributed by atoms with Crippen LogP contribution in [0.1, 0.15) is 40.2 Å². The molecule has 0 amide bonds. The van der Waals surface area contributed by atoms with Crippen LogP contribution in [0.25, 0.3) is 10.2 Å². The minimum absolute atomic E-state index is 0.211. The van der Waals surface area contributed by atoms with Gasteiger partial charge in [0.2, 0.25) is 0 Å². The first-order valence-electron chi connectivity index (χ1n) is 5.42. The Labute approximate surface area is 96.2 Å². The van der Waals surface area contributed by atoms with Gasteiger partial charge in [0.1, 0.15) is 4.83 Å². The molecule has 0 aliphatic rings. The van der Waals surface area contributed by atoms with E-state index >= 15 is 0 Å². The van der Waals surface area contributed by atoms with Gasteiger partial charge in [-0.15, -0.1) is 11.3 Å². The minimum atomic E-state index is 0.211. The van der Waals surface area contributed by atoms with E-state index in [9.17, 15) is 0 Å². The van der Waals surface area contributed by atoms with Gasteiger partial charge in [0.15, 0.2) is 0 Å². The van der Waals surface area contributed by atoms with Gasteiger partial charge in [-0.2, -0.15) is 0 Å². The zero-order valence-corrected chi connectivity index (χ0v) is 11.0. The summed E-state index contributed by atoms with van der Waals surface area (Å²) in [6, 6.07) is 4.28. The maximum absolute atomic E-state index is 4.33. The van der Waals surface area contributed by atoms with E-state index in [4.69, 9.17) is 0 Å². The molecule has 0 atom stereocenters. The fraction of sp³-hybridized carbons (Fsp3) is 0.462. The molecule has 0 saturated carbocycles. The second-order valence-corrected chi connectivity index (χ2v) is 5.14. The molecule has 2 heteroatoms. The van der Waals surface area contributed by atoms with Crippen molar-refractivity contribution in [3.05, 3.63) is 29.3 Å². The maximum Gasteiger partial charge on any atom is 0.123 e. The highest BCUT2D eigenvalue weighted by Gasteiger charge is 2.16. The maximum atomic E-state index is 4.33. The first-order chi connectivity index (χ1) is 7.09. The minimum Gasteiger partial charge on any atom is -0.245 e. The lowest BCUT2D eigenvalue weighted by molar-refractivity contribution is 0.595. The van der Waals surface area contributed by atoms with Crippen LogP contribution < -0.4 is 0 Å². The Balaban J connectivity index is 0.000000531. The van der Waals surface area contributed by atoms with E-state index in [1.165, 1.54) is 10.9 Å². The van der Waals surface area contributed by atoms with Crippen molar-refractivity contribution in [3.63, 3.8) is 0 Å². The van der Waals surface area contributed by atoms with Crippen molar-refractivity contribution in [2.45, 2.75) is 40.0 Å². The lowest BCUT2D eigenvalue weighted by Gasteiger charge is -2.19. The summed E-state index contributed by atoms with van der Waals surface area (Å²) in [6.45, 7) is 10.7. The van der Waals surface area contributed by atoms with Gasteiger partial charge in [0, 0.05) is 11.6 Å². The lowest BCUT2D eigenvalue weighted by atomic mass is 9.86. The molecule has 0 fully saturated rings. The Hall–Kier alpha value is -0.890. The fourth-order valence-corrected chi connectivity index (χ4v) is 2.29. The van der Waals surface area contributed by atoms with E-state index in [0.29, 0.717) is 0 Å². The Kier molecular flexibility index (Phi) is 3.86. The normalized spacial score (nSPS) is 11.0. The molecule has 0 spiro atoms. The van der Waals surface area contributed by atoms with Crippen LogP contribution in [0.15, 0.2) is 23.7 Å². The van der Waals surface area contributed by atoms with Crippen molar-refractivity contribution in [2.75, 3.05) is 0 Å². The van der Waals surface area contributed by atoms with Crippen LogP contribution in [0.2, 0.25) is 0 Å². The molecule has 2 aromatic heterocycles. The fourth-order valence-electron chi connectivity index (χ4n) is 1.53. The van der Waals surface area contributed by atoms with E-state index in [1.54, 1.807) is 11.3 Å². The molecule has 2 rings (SSSR count). The van der Waals surface area contributed by atoms with Crippen LogP contribution in [-0.2, 0) is 5.41 Å². The van der Waals surface area contributed by atoms with E-state index in [-0.39, 0.29) is 5.41 Å².